The second kappa shape index (κ2) is 8.87. The third-order valence-electron chi connectivity index (χ3n) is 3.98. The lowest BCUT2D eigenvalue weighted by molar-refractivity contribution is 0.188. The highest BCUT2D eigenvalue weighted by atomic mass is 35.5. The van der Waals surface area contributed by atoms with Crippen LogP contribution in [0.2, 0.25) is 0 Å². The van der Waals surface area contributed by atoms with Gasteiger partial charge in [0.2, 0.25) is 15.9 Å². The van der Waals surface area contributed by atoms with Crippen LogP contribution < -0.4 is 10.5 Å². The highest BCUT2D eigenvalue weighted by Gasteiger charge is 2.26. The monoisotopic (exact) mass is 405 g/mol. The van der Waals surface area contributed by atoms with E-state index in [-0.39, 0.29) is 29.9 Å². The van der Waals surface area contributed by atoms with E-state index in [0.717, 1.165) is 19.0 Å². The molecule has 1 aliphatic rings. The molecule has 3 N–H and O–H groups in total. The number of sulfonamides is 1. The third kappa shape index (κ3) is 5.21. The quantitative estimate of drug-likeness (QED) is 0.737. The van der Waals surface area contributed by atoms with Crippen LogP contribution in [0.15, 0.2) is 33.7 Å². The van der Waals surface area contributed by atoms with E-state index in [1.165, 1.54) is 18.2 Å². The topological polar surface area (TPSA) is 114 Å². The van der Waals surface area contributed by atoms with E-state index in [0.29, 0.717) is 31.2 Å². The van der Waals surface area contributed by atoms with E-state index < -0.39 is 15.8 Å². The number of halogens is 2. The van der Waals surface area contributed by atoms with Gasteiger partial charge in [-0.1, -0.05) is 11.2 Å². The van der Waals surface area contributed by atoms with Crippen LogP contribution in [-0.4, -0.2) is 42.6 Å². The van der Waals surface area contributed by atoms with Gasteiger partial charge in [0.1, 0.15) is 5.82 Å². The maximum atomic E-state index is 13.3. The molecule has 1 fully saturated rings. The predicted molar refractivity (Wildman–Crippen MR) is 94.5 cm³/mol. The molecule has 0 radical (unpaired) electrons. The summed E-state index contributed by atoms with van der Waals surface area (Å²) in [5.41, 5.74) is 5.44. The SMILES string of the molecule is Cl.NCc1nc(CN2CCCC(NS(=O)(=O)c3cccc(F)c3)C2)no1. The van der Waals surface area contributed by atoms with Gasteiger partial charge in [-0.3, -0.25) is 4.90 Å². The van der Waals surface area contributed by atoms with Crippen LogP contribution in [0.1, 0.15) is 24.6 Å². The lowest BCUT2D eigenvalue weighted by Crippen LogP contribution is -2.47. The Labute approximate surface area is 157 Å². The lowest BCUT2D eigenvalue weighted by atomic mass is 10.1. The number of likely N-dealkylation sites (tertiary alicyclic amines) is 1. The first kappa shape index (κ1) is 20.7. The second-order valence-corrected chi connectivity index (χ2v) is 7.68. The molecule has 8 nitrogen and oxygen atoms in total. The molecule has 0 spiro atoms. The molecular formula is C15H21ClFN5O3S. The molecule has 0 aliphatic carbocycles. The molecule has 1 aliphatic heterocycles. The standard InChI is InChI=1S/C15H20FN5O3S.ClH/c16-11-3-1-5-13(7-11)25(22,23)20-12-4-2-6-21(9-12)10-14-18-15(8-17)24-19-14;/h1,3,5,7,12,20H,2,4,6,8-10,17H2;1H. The van der Waals surface area contributed by atoms with Gasteiger partial charge in [-0.15, -0.1) is 12.4 Å². The molecule has 1 aromatic carbocycles. The van der Waals surface area contributed by atoms with Crippen molar-refractivity contribution >= 4 is 22.4 Å². The fraction of sp³-hybridized carbons (Fsp3) is 0.467. The molecule has 1 unspecified atom stereocenters. The molecule has 0 saturated carbocycles. The summed E-state index contributed by atoms with van der Waals surface area (Å²) < 4.78 is 45.7. The Kier molecular flexibility index (Phi) is 7.07. The Morgan fingerprint density at radius 1 is 1.42 bits per heavy atom. The van der Waals surface area contributed by atoms with E-state index in [2.05, 4.69) is 14.9 Å². The van der Waals surface area contributed by atoms with Crippen molar-refractivity contribution in [3.05, 3.63) is 41.8 Å². The van der Waals surface area contributed by atoms with Crippen LogP contribution in [0.3, 0.4) is 0 Å². The lowest BCUT2D eigenvalue weighted by Gasteiger charge is -2.32. The predicted octanol–water partition coefficient (Wildman–Crippen LogP) is 1.03. The van der Waals surface area contributed by atoms with Gasteiger partial charge < -0.3 is 10.3 Å². The zero-order chi connectivity index (χ0) is 17.9. The van der Waals surface area contributed by atoms with Gasteiger partial charge in [0.15, 0.2) is 5.82 Å². The van der Waals surface area contributed by atoms with Gasteiger partial charge in [0, 0.05) is 12.6 Å². The summed E-state index contributed by atoms with van der Waals surface area (Å²) in [6.45, 7) is 1.97. The maximum absolute atomic E-state index is 13.3. The van der Waals surface area contributed by atoms with Crippen LogP contribution in [0.4, 0.5) is 4.39 Å². The van der Waals surface area contributed by atoms with Crippen molar-refractivity contribution < 1.29 is 17.3 Å². The molecule has 2 aromatic rings. The molecule has 0 bridgehead atoms. The van der Waals surface area contributed by atoms with Crippen molar-refractivity contribution in [1.29, 1.82) is 0 Å². The van der Waals surface area contributed by atoms with E-state index in [1.54, 1.807) is 0 Å². The Morgan fingerprint density at radius 3 is 2.92 bits per heavy atom. The summed E-state index contributed by atoms with van der Waals surface area (Å²) in [4.78, 5) is 6.13. The molecule has 26 heavy (non-hydrogen) atoms. The smallest absolute Gasteiger partial charge is 0.240 e. The minimum atomic E-state index is -3.76. The Hall–Kier alpha value is -1.59. The van der Waals surface area contributed by atoms with E-state index in [9.17, 15) is 12.8 Å². The fourth-order valence-electron chi connectivity index (χ4n) is 2.85. The highest BCUT2D eigenvalue weighted by molar-refractivity contribution is 7.89. The number of hydrogen-bond acceptors (Lipinski definition) is 7. The second-order valence-electron chi connectivity index (χ2n) is 5.96. The fourth-order valence-corrected chi connectivity index (χ4v) is 4.15. The van der Waals surface area contributed by atoms with Crippen molar-refractivity contribution in [3.63, 3.8) is 0 Å². The zero-order valence-corrected chi connectivity index (χ0v) is 15.6. The maximum Gasteiger partial charge on any atom is 0.240 e. The summed E-state index contributed by atoms with van der Waals surface area (Å²) >= 11 is 0. The van der Waals surface area contributed by atoms with E-state index >= 15 is 0 Å². The van der Waals surface area contributed by atoms with Crippen LogP contribution in [0, 0.1) is 5.82 Å². The number of nitrogens with two attached hydrogens (primary N) is 1. The van der Waals surface area contributed by atoms with Gasteiger partial charge in [0.05, 0.1) is 18.0 Å². The number of nitrogens with one attached hydrogen (secondary N) is 1. The molecule has 0 amide bonds. The van der Waals surface area contributed by atoms with E-state index in [1.807, 2.05) is 4.90 Å². The van der Waals surface area contributed by atoms with Crippen LogP contribution in [0.5, 0.6) is 0 Å². The summed E-state index contributed by atoms with van der Waals surface area (Å²) in [7, 11) is -3.76. The van der Waals surface area contributed by atoms with Gasteiger partial charge in [-0.05, 0) is 37.6 Å². The number of rotatable bonds is 6. The molecule has 1 atom stereocenters. The molecule has 1 aromatic heterocycles. The summed E-state index contributed by atoms with van der Waals surface area (Å²) in [6, 6.07) is 4.71. The van der Waals surface area contributed by atoms with Crippen molar-refractivity contribution in [1.82, 2.24) is 19.8 Å². The minimum Gasteiger partial charge on any atom is -0.338 e. The summed E-state index contributed by atoms with van der Waals surface area (Å²) in [5.74, 6) is 0.311. The normalized spacial score (nSPS) is 18.5. The minimum absolute atomic E-state index is 0. The molecule has 2 heterocycles. The number of piperidine rings is 1. The van der Waals surface area contributed by atoms with Crippen LogP contribution >= 0.6 is 12.4 Å². The molecule has 11 heteroatoms. The van der Waals surface area contributed by atoms with Gasteiger partial charge in [-0.2, -0.15) is 4.98 Å². The van der Waals surface area contributed by atoms with Gasteiger partial charge in [-0.25, -0.2) is 17.5 Å². The molecule has 3 rings (SSSR count). The van der Waals surface area contributed by atoms with Crippen LogP contribution in [0.25, 0.3) is 0 Å². The molecule has 1 saturated heterocycles. The first-order valence-electron chi connectivity index (χ1n) is 7.98. The third-order valence-corrected chi connectivity index (χ3v) is 5.50. The van der Waals surface area contributed by atoms with Gasteiger partial charge >= 0.3 is 0 Å². The van der Waals surface area contributed by atoms with E-state index in [4.69, 9.17) is 10.3 Å². The number of aromatic nitrogens is 2. The van der Waals surface area contributed by atoms with Gasteiger partial charge in [0.25, 0.3) is 0 Å². The Bertz CT molecular complexity index is 832. The number of nitrogens with zero attached hydrogens (tertiary/aromatic N) is 3. The summed E-state index contributed by atoms with van der Waals surface area (Å²) in [6.07, 6.45) is 1.54. The molecular weight excluding hydrogens is 385 g/mol. The number of hydrogen-bond donors (Lipinski definition) is 2. The van der Waals surface area contributed by atoms with Crippen molar-refractivity contribution in [2.75, 3.05) is 13.1 Å². The van der Waals surface area contributed by atoms with Crippen molar-refractivity contribution in [2.45, 2.75) is 36.9 Å². The average Bonchev–Trinajstić information content (AvgIpc) is 3.02. The van der Waals surface area contributed by atoms with Crippen molar-refractivity contribution in [2.24, 2.45) is 5.73 Å². The van der Waals surface area contributed by atoms with Crippen molar-refractivity contribution in [3.8, 4) is 0 Å². The first-order chi connectivity index (χ1) is 12.0. The molecule has 144 valence electrons. The Balaban J connectivity index is 0.00000243. The summed E-state index contributed by atoms with van der Waals surface area (Å²) in [5, 5.41) is 3.85. The Morgan fingerprint density at radius 2 is 2.23 bits per heavy atom. The first-order valence-corrected chi connectivity index (χ1v) is 9.46. The van der Waals surface area contributed by atoms with Crippen LogP contribution in [-0.2, 0) is 23.1 Å². The number of benzene rings is 1. The highest BCUT2D eigenvalue weighted by Crippen LogP contribution is 2.16. The zero-order valence-electron chi connectivity index (χ0n) is 14.0. The average molecular weight is 406 g/mol. The largest absolute Gasteiger partial charge is 0.338 e.